The number of fused-ring (bicyclic) bond motifs is 1. The van der Waals surface area contributed by atoms with Gasteiger partial charge < -0.3 is 14.8 Å². The standard InChI is InChI=1S/C26H26N4O2S2/c1-18(26(32)30-14-12-29(13-15-30)20-10-6-3-7-11-20)33-17-22-27-24(31)23-21(16-34-25(23)28-22)19-8-4-2-5-9-19/h2-11,16,18H,12-15,17H2,1H3,(H,27,28,31)/t18-/m1/s1. The van der Waals surface area contributed by atoms with Crippen LogP contribution in [-0.2, 0) is 10.5 Å². The minimum absolute atomic E-state index is 0.128. The largest absolute Gasteiger partial charge is 0.368 e. The maximum absolute atomic E-state index is 13.0. The molecule has 1 saturated heterocycles. The number of nitrogens with zero attached hydrogens (tertiary/aromatic N) is 3. The normalized spacial score (nSPS) is 15.0. The number of para-hydroxylation sites is 1. The van der Waals surface area contributed by atoms with E-state index in [0.717, 1.165) is 42.1 Å². The fraction of sp³-hybridized carbons (Fsp3) is 0.269. The molecule has 0 unspecified atom stereocenters. The third-order valence-electron chi connectivity index (χ3n) is 6.11. The number of benzene rings is 2. The van der Waals surface area contributed by atoms with Gasteiger partial charge in [0.25, 0.3) is 5.56 Å². The van der Waals surface area contributed by atoms with Gasteiger partial charge in [-0.2, -0.15) is 0 Å². The van der Waals surface area contributed by atoms with Crippen molar-refractivity contribution in [3.05, 3.63) is 82.2 Å². The summed E-state index contributed by atoms with van der Waals surface area (Å²) in [7, 11) is 0. The fourth-order valence-corrected chi connectivity index (χ4v) is 6.05. The molecule has 6 nitrogen and oxygen atoms in total. The molecule has 1 N–H and O–H groups in total. The fourth-order valence-electron chi connectivity index (χ4n) is 4.25. The zero-order valence-electron chi connectivity index (χ0n) is 18.9. The van der Waals surface area contributed by atoms with E-state index in [-0.39, 0.29) is 16.7 Å². The van der Waals surface area contributed by atoms with Crippen LogP contribution in [0.25, 0.3) is 21.3 Å². The predicted octanol–water partition coefficient (Wildman–Crippen LogP) is 4.62. The lowest BCUT2D eigenvalue weighted by Gasteiger charge is -2.37. The molecule has 1 aliphatic heterocycles. The van der Waals surface area contributed by atoms with Crippen molar-refractivity contribution in [2.75, 3.05) is 31.1 Å². The first kappa shape index (κ1) is 22.7. The summed E-state index contributed by atoms with van der Waals surface area (Å²) in [5.74, 6) is 1.24. The Morgan fingerprint density at radius 2 is 1.74 bits per heavy atom. The van der Waals surface area contributed by atoms with E-state index < -0.39 is 0 Å². The number of piperazine rings is 1. The van der Waals surface area contributed by atoms with Gasteiger partial charge in [-0.1, -0.05) is 48.5 Å². The number of rotatable bonds is 6. The Labute approximate surface area is 206 Å². The van der Waals surface area contributed by atoms with Crippen LogP contribution in [0.2, 0.25) is 0 Å². The number of aromatic amines is 1. The average Bonchev–Trinajstić information content (AvgIpc) is 3.33. The van der Waals surface area contributed by atoms with Gasteiger partial charge in [0.1, 0.15) is 10.7 Å². The summed E-state index contributed by atoms with van der Waals surface area (Å²) < 4.78 is 0. The molecule has 0 spiro atoms. The van der Waals surface area contributed by atoms with E-state index in [0.29, 0.717) is 17.0 Å². The molecule has 34 heavy (non-hydrogen) atoms. The van der Waals surface area contributed by atoms with Crippen LogP contribution in [0.15, 0.2) is 70.8 Å². The SMILES string of the molecule is C[C@@H](SCc1nc2scc(-c3ccccc3)c2c(=O)[nH]1)C(=O)N1CCN(c2ccccc2)CC1. The van der Waals surface area contributed by atoms with Crippen LogP contribution in [0.5, 0.6) is 0 Å². The second kappa shape index (κ2) is 10.0. The van der Waals surface area contributed by atoms with Crippen molar-refractivity contribution < 1.29 is 4.79 Å². The summed E-state index contributed by atoms with van der Waals surface area (Å²) in [6.45, 7) is 5.04. The lowest BCUT2D eigenvalue weighted by atomic mass is 10.1. The Morgan fingerprint density at radius 3 is 2.44 bits per heavy atom. The van der Waals surface area contributed by atoms with Crippen LogP contribution >= 0.6 is 23.1 Å². The van der Waals surface area contributed by atoms with Crippen molar-refractivity contribution in [3.8, 4) is 11.1 Å². The average molecular weight is 491 g/mol. The highest BCUT2D eigenvalue weighted by Crippen LogP contribution is 2.31. The zero-order chi connectivity index (χ0) is 23.5. The Kier molecular flexibility index (Phi) is 6.69. The van der Waals surface area contributed by atoms with Crippen LogP contribution in [-0.4, -0.2) is 52.2 Å². The molecule has 1 atom stereocenters. The molecule has 1 aliphatic rings. The molecular weight excluding hydrogens is 464 g/mol. The molecule has 0 aliphatic carbocycles. The monoisotopic (exact) mass is 490 g/mol. The number of carbonyl (C=O) groups is 1. The molecule has 0 saturated carbocycles. The van der Waals surface area contributed by atoms with Gasteiger partial charge >= 0.3 is 0 Å². The number of thioether (sulfide) groups is 1. The summed E-state index contributed by atoms with van der Waals surface area (Å²) in [5.41, 5.74) is 2.99. The lowest BCUT2D eigenvalue weighted by Crippen LogP contribution is -2.50. The van der Waals surface area contributed by atoms with Gasteiger partial charge in [0.2, 0.25) is 5.91 Å². The highest BCUT2D eigenvalue weighted by atomic mass is 32.2. The van der Waals surface area contributed by atoms with E-state index in [1.165, 1.54) is 28.8 Å². The first-order valence-corrected chi connectivity index (χ1v) is 13.3. The number of amides is 1. The van der Waals surface area contributed by atoms with Crippen molar-refractivity contribution in [2.24, 2.45) is 0 Å². The number of hydrogen-bond donors (Lipinski definition) is 1. The number of thiophene rings is 1. The number of H-pyrrole nitrogens is 1. The smallest absolute Gasteiger partial charge is 0.260 e. The van der Waals surface area contributed by atoms with E-state index in [9.17, 15) is 9.59 Å². The third kappa shape index (κ3) is 4.74. The Hall–Kier alpha value is -3.10. The van der Waals surface area contributed by atoms with Crippen molar-refractivity contribution in [1.29, 1.82) is 0 Å². The molecule has 5 rings (SSSR count). The van der Waals surface area contributed by atoms with Crippen molar-refractivity contribution in [3.63, 3.8) is 0 Å². The Balaban J connectivity index is 1.21. The molecule has 8 heteroatoms. The topological polar surface area (TPSA) is 69.3 Å². The molecule has 2 aromatic heterocycles. The van der Waals surface area contributed by atoms with Crippen molar-refractivity contribution >= 4 is 44.9 Å². The molecule has 0 radical (unpaired) electrons. The van der Waals surface area contributed by atoms with Gasteiger partial charge in [0, 0.05) is 42.8 Å². The summed E-state index contributed by atoms with van der Waals surface area (Å²) in [4.78, 5) is 38.5. The molecular formula is C26H26N4O2S2. The number of carbonyl (C=O) groups excluding carboxylic acids is 1. The molecule has 2 aromatic carbocycles. The van der Waals surface area contributed by atoms with E-state index in [4.69, 9.17) is 0 Å². The summed E-state index contributed by atoms with van der Waals surface area (Å²) in [6, 6.07) is 20.2. The van der Waals surface area contributed by atoms with Crippen molar-refractivity contribution in [1.82, 2.24) is 14.9 Å². The first-order valence-electron chi connectivity index (χ1n) is 11.4. The van der Waals surface area contributed by atoms with E-state index in [1.807, 2.05) is 65.7 Å². The summed E-state index contributed by atoms with van der Waals surface area (Å²) in [6.07, 6.45) is 0. The predicted molar refractivity (Wildman–Crippen MR) is 142 cm³/mol. The Bertz CT molecular complexity index is 1330. The van der Waals surface area contributed by atoms with Crippen LogP contribution in [0.1, 0.15) is 12.7 Å². The molecule has 4 aromatic rings. The maximum Gasteiger partial charge on any atom is 0.260 e. The zero-order valence-corrected chi connectivity index (χ0v) is 20.6. The summed E-state index contributed by atoms with van der Waals surface area (Å²) >= 11 is 2.99. The number of anilines is 1. The molecule has 3 heterocycles. The molecule has 174 valence electrons. The minimum Gasteiger partial charge on any atom is -0.368 e. The van der Waals surface area contributed by atoms with E-state index in [1.54, 1.807) is 0 Å². The first-order chi connectivity index (χ1) is 16.6. The Morgan fingerprint density at radius 1 is 1.06 bits per heavy atom. The van der Waals surface area contributed by atoms with Gasteiger partial charge in [-0.3, -0.25) is 9.59 Å². The minimum atomic E-state index is -0.201. The van der Waals surface area contributed by atoms with Crippen LogP contribution in [0, 0.1) is 0 Å². The second-order valence-corrected chi connectivity index (χ2v) is 10.5. The quantitative estimate of drug-likeness (QED) is 0.427. The van der Waals surface area contributed by atoms with Crippen molar-refractivity contribution in [2.45, 2.75) is 17.9 Å². The highest BCUT2D eigenvalue weighted by Gasteiger charge is 2.25. The molecule has 1 fully saturated rings. The summed E-state index contributed by atoms with van der Waals surface area (Å²) in [5, 5.41) is 2.42. The second-order valence-electron chi connectivity index (χ2n) is 8.31. The lowest BCUT2D eigenvalue weighted by molar-refractivity contribution is -0.130. The van der Waals surface area contributed by atoms with E-state index in [2.05, 4.69) is 27.0 Å². The molecule has 1 amide bonds. The van der Waals surface area contributed by atoms with Crippen LogP contribution in [0.3, 0.4) is 0 Å². The third-order valence-corrected chi connectivity index (χ3v) is 8.12. The maximum atomic E-state index is 13.0. The van der Waals surface area contributed by atoms with Gasteiger partial charge in [-0.15, -0.1) is 23.1 Å². The number of hydrogen-bond acceptors (Lipinski definition) is 6. The molecule has 0 bridgehead atoms. The van der Waals surface area contributed by atoms with Crippen LogP contribution < -0.4 is 10.5 Å². The highest BCUT2D eigenvalue weighted by molar-refractivity contribution is 7.99. The van der Waals surface area contributed by atoms with E-state index >= 15 is 0 Å². The van der Waals surface area contributed by atoms with Gasteiger partial charge in [0.05, 0.1) is 16.4 Å². The van der Waals surface area contributed by atoms with Gasteiger partial charge in [0.15, 0.2) is 0 Å². The van der Waals surface area contributed by atoms with Crippen LogP contribution in [0.4, 0.5) is 5.69 Å². The number of aromatic nitrogens is 2. The van der Waals surface area contributed by atoms with Gasteiger partial charge in [-0.25, -0.2) is 4.98 Å². The number of nitrogens with one attached hydrogen (secondary N) is 1. The van der Waals surface area contributed by atoms with Gasteiger partial charge in [-0.05, 0) is 24.6 Å².